The van der Waals surface area contributed by atoms with Gasteiger partial charge in [-0.15, -0.1) is 0 Å². The molecule has 1 aliphatic rings. The average Bonchev–Trinajstić information content (AvgIpc) is 3.40. The van der Waals surface area contributed by atoms with Gasteiger partial charge in [-0.05, 0) is 74.2 Å². The molecule has 0 radical (unpaired) electrons. The number of benzene rings is 4. The van der Waals surface area contributed by atoms with E-state index in [1.165, 1.54) is 0 Å². The Labute approximate surface area is 265 Å². The van der Waals surface area contributed by atoms with Crippen LogP contribution >= 0.6 is 0 Å². The molecule has 0 saturated carbocycles. The van der Waals surface area contributed by atoms with E-state index >= 15 is 0 Å². The van der Waals surface area contributed by atoms with Crippen LogP contribution in [0, 0.1) is 6.92 Å². The number of carbonyl (C=O) groups is 2. The summed E-state index contributed by atoms with van der Waals surface area (Å²) in [5, 5.41) is 1.94. The number of fused-ring (bicyclic) bond motifs is 3. The molecule has 0 N–H and O–H groups in total. The molecule has 6 heteroatoms. The molecule has 45 heavy (non-hydrogen) atoms. The first-order valence-electron chi connectivity index (χ1n) is 16.1. The van der Waals surface area contributed by atoms with E-state index in [2.05, 4.69) is 40.7 Å². The summed E-state index contributed by atoms with van der Waals surface area (Å²) in [5.41, 5.74) is 5.47. The fourth-order valence-corrected chi connectivity index (χ4v) is 6.95. The standard InChI is InChI=1S/C39H42N2O4/c1-4-39(40-19-22-45-23-20-40,27-29-12-7-6-8-13-29)38(43)31-16-18-36-34(26-31)33-25-30(37(42)32-14-10-9-11-28(32)3)15-17-35(33)41(36)21-24-44-5-2/h6-18,25-26H,4-5,19-24,27H2,1-3H3. The molecule has 1 unspecified atom stereocenters. The van der Waals surface area contributed by atoms with Crippen molar-refractivity contribution in [3.05, 3.63) is 119 Å². The van der Waals surface area contributed by atoms with Gasteiger partial charge in [0, 0.05) is 64.7 Å². The third kappa shape index (κ3) is 5.98. The maximum Gasteiger partial charge on any atom is 0.193 e. The van der Waals surface area contributed by atoms with E-state index in [0.717, 1.165) is 46.0 Å². The predicted octanol–water partition coefficient (Wildman–Crippen LogP) is 7.28. The van der Waals surface area contributed by atoms with Gasteiger partial charge in [-0.25, -0.2) is 0 Å². The summed E-state index contributed by atoms with van der Waals surface area (Å²) in [7, 11) is 0. The van der Waals surface area contributed by atoms with Crippen molar-refractivity contribution in [1.82, 2.24) is 9.47 Å². The number of aromatic nitrogens is 1. The molecule has 6 nitrogen and oxygen atoms in total. The topological polar surface area (TPSA) is 60.8 Å². The van der Waals surface area contributed by atoms with Crippen LogP contribution < -0.4 is 0 Å². The quantitative estimate of drug-likeness (QED) is 0.111. The van der Waals surface area contributed by atoms with E-state index in [1.807, 2.05) is 80.6 Å². The van der Waals surface area contributed by atoms with Crippen LogP contribution in [0.1, 0.15) is 57.7 Å². The smallest absolute Gasteiger partial charge is 0.193 e. The van der Waals surface area contributed by atoms with Gasteiger partial charge in [0.15, 0.2) is 11.6 Å². The predicted molar refractivity (Wildman–Crippen MR) is 180 cm³/mol. The molecule has 1 fully saturated rings. The van der Waals surface area contributed by atoms with Crippen molar-refractivity contribution < 1.29 is 19.1 Å². The first kappa shape index (κ1) is 30.9. The van der Waals surface area contributed by atoms with Crippen LogP contribution in [0.3, 0.4) is 0 Å². The van der Waals surface area contributed by atoms with Crippen molar-refractivity contribution >= 4 is 33.4 Å². The lowest BCUT2D eigenvalue weighted by Gasteiger charge is -2.44. The minimum atomic E-state index is -0.696. The van der Waals surface area contributed by atoms with E-state index < -0.39 is 5.54 Å². The number of Topliss-reactive ketones (excluding diaryl/α,β-unsaturated/α-hetero) is 1. The number of nitrogens with zero attached hydrogens (tertiary/aromatic N) is 2. The molecule has 0 amide bonds. The highest BCUT2D eigenvalue weighted by Crippen LogP contribution is 2.35. The molecule has 1 aliphatic heterocycles. The molecule has 0 aliphatic carbocycles. The number of carbonyl (C=O) groups excluding carboxylic acids is 2. The monoisotopic (exact) mass is 602 g/mol. The van der Waals surface area contributed by atoms with Crippen molar-refractivity contribution in [2.45, 2.75) is 45.7 Å². The summed E-state index contributed by atoms with van der Waals surface area (Å²) in [6.07, 6.45) is 1.32. The molecule has 4 aromatic carbocycles. The van der Waals surface area contributed by atoms with Gasteiger partial charge in [-0.3, -0.25) is 14.5 Å². The molecule has 5 aromatic rings. The molecule has 6 rings (SSSR count). The lowest BCUT2D eigenvalue weighted by Crippen LogP contribution is -2.59. The number of ether oxygens (including phenoxy) is 2. The lowest BCUT2D eigenvalue weighted by atomic mass is 9.79. The number of aryl methyl sites for hydroxylation is 1. The normalized spacial score (nSPS) is 15.4. The second kappa shape index (κ2) is 13.5. The number of morpholine rings is 1. The molecule has 0 spiro atoms. The van der Waals surface area contributed by atoms with Crippen molar-refractivity contribution in [2.24, 2.45) is 0 Å². The first-order chi connectivity index (χ1) is 22.0. The van der Waals surface area contributed by atoms with Crippen LogP contribution in [-0.2, 0) is 22.4 Å². The van der Waals surface area contributed by atoms with Crippen molar-refractivity contribution in [1.29, 1.82) is 0 Å². The van der Waals surface area contributed by atoms with E-state index in [1.54, 1.807) is 0 Å². The fourth-order valence-electron chi connectivity index (χ4n) is 6.95. The second-order valence-corrected chi connectivity index (χ2v) is 11.9. The van der Waals surface area contributed by atoms with Gasteiger partial charge in [-0.1, -0.05) is 61.5 Å². The fraction of sp³-hybridized carbons (Fsp3) is 0.333. The van der Waals surface area contributed by atoms with Gasteiger partial charge in [0.2, 0.25) is 0 Å². The summed E-state index contributed by atoms with van der Waals surface area (Å²) < 4.78 is 13.7. The Hall–Kier alpha value is -4.10. The second-order valence-electron chi connectivity index (χ2n) is 11.9. The van der Waals surface area contributed by atoms with Crippen LogP contribution in [0.2, 0.25) is 0 Å². The molecule has 232 valence electrons. The molecule has 2 heterocycles. The van der Waals surface area contributed by atoms with Crippen LogP contribution in [-0.4, -0.2) is 66.1 Å². The van der Waals surface area contributed by atoms with Crippen molar-refractivity contribution in [2.75, 3.05) is 39.5 Å². The van der Waals surface area contributed by atoms with Crippen molar-refractivity contribution in [3.8, 4) is 0 Å². The SMILES string of the molecule is CCOCCn1c2ccc(C(=O)c3ccccc3C)cc2c2cc(C(=O)C(CC)(Cc3ccccc3)N3CCOCC3)ccc21. The lowest BCUT2D eigenvalue weighted by molar-refractivity contribution is -0.0163. The summed E-state index contributed by atoms with van der Waals surface area (Å²) in [6.45, 7) is 10.7. The van der Waals surface area contributed by atoms with Crippen LogP contribution in [0.5, 0.6) is 0 Å². The highest BCUT2D eigenvalue weighted by molar-refractivity contribution is 6.16. The van der Waals surface area contributed by atoms with Gasteiger partial charge >= 0.3 is 0 Å². The molecule has 1 saturated heterocycles. The minimum Gasteiger partial charge on any atom is -0.380 e. The highest BCUT2D eigenvalue weighted by Gasteiger charge is 2.43. The zero-order chi connectivity index (χ0) is 31.4. The largest absolute Gasteiger partial charge is 0.380 e. The van der Waals surface area contributed by atoms with Crippen molar-refractivity contribution in [3.63, 3.8) is 0 Å². The van der Waals surface area contributed by atoms with E-state index in [0.29, 0.717) is 62.5 Å². The van der Waals surface area contributed by atoms with E-state index in [-0.39, 0.29) is 11.6 Å². The number of hydrogen-bond acceptors (Lipinski definition) is 5. The van der Waals surface area contributed by atoms with Crippen LogP contribution in [0.4, 0.5) is 0 Å². The van der Waals surface area contributed by atoms with E-state index in [4.69, 9.17) is 9.47 Å². The van der Waals surface area contributed by atoms with Crippen LogP contribution in [0.15, 0.2) is 91.0 Å². The number of hydrogen-bond donors (Lipinski definition) is 0. The summed E-state index contributed by atoms with van der Waals surface area (Å²) in [4.78, 5) is 30.8. The Morgan fingerprint density at radius 3 is 2.13 bits per heavy atom. The van der Waals surface area contributed by atoms with Gasteiger partial charge in [-0.2, -0.15) is 0 Å². The van der Waals surface area contributed by atoms with Gasteiger partial charge < -0.3 is 14.0 Å². The summed E-state index contributed by atoms with van der Waals surface area (Å²) in [5.74, 6) is 0.123. The van der Waals surface area contributed by atoms with Gasteiger partial charge in [0.1, 0.15) is 0 Å². The third-order valence-corrected chi connectivity index (χ3v) is 9.41. The maximum absolute atomic E-state index is 14.8. The number of ketones is 2. The maximum atomic E-state index is 14.8. The highest BCUT2D eigenvalue weighted by atomic mass is 16.5. The van der Waals surface area contributed by atoms with Gasteiger partial charge in [0.05, 0.1) is 25.4 Å². The molecule has 1 aromatic heterocycles. The van der Waals surface area contributed by atoms with Crippen LogP contribution in [0.25, 0.3) is 21.8 Å². The Bertz CT molecular complexity index is 1820. The van der Waals surface area contributed by atoms with Gasteiger partial charge in [0.25, 0.3) is 0 Å². The summed E-state index contributed by atoms with van der Waals surface area (Å²) >= 11 is 0. The molecular formula is C39H42N2O4. The average molecular weight is 603 g/mol. The van der Waals surface area contributed by atoms with E-state index in [9.17, 15) is 9.59 Å². The first-order valence-corrected chi connectivity index (χ1v) is 16.1. The molecular weight excluding hydrogens is 560 g/mol. The Morgan fingerprint density at radius 1 is 0.822 bits per heavy atom. The minimum absolute atomic E-state index is 0.00220. The zero-order valence-corrected chi connectivity index (χ0v) is 26.6. The number of rotatable bonds is 12. The molecule has 1 atom stereocenters. The Morgan fingerprint density at radius 2 is 1.47 bits per heavy atom. The Kier molecular flexibility index (Phi) is 9.27. The summed E-state index contributed by atoms with van der Waals surface area (Å²) in [6, 6.07) is 30.1. The third-order valence-electron chi connectivity index (χ3n) is 9.41. The Balaban J connectivity index is 1.48. The molecule has 0 bridgehead atoms. The zero-order valence-electron chi connectivity index (χ0n) is 26.6.